The third-order valence-electron chi connectivity index (χ3n) is 5.04. The monoisotopic (exact) mass is 421 g/mol. The van der Waals surface area contributed by atoms with Crippen LogP contribution in [0.25, 0.3) is 10.4 Å². The highest BCUT2D eigenvalue weighted by molar-refractivity contribution is 7.13. The Kier molecular flexibility index (Phi) is 7.63. The van der Waals surface area contributed by atoms with Crippen LogP contribution in [-0.2, 0) is 9.59 Å². The van der Waals surface area contributed by atoms with Crippen LogP contribution >= 0.6 is 11.3 Å². The molecule has 3 rings (SSSR count). The first-order valence-electron chi connectivity index (χ1n) is 10.1. The predicted octanol–water partition coefficient (Wildman–Crippen LogP) is 5.16. The normalized spacial score (nSPS) is 11.7. The van der Waals surface area contributed by atoms with Gasteiger partial charge in [-0.3, -0.25) is 9.59 Å². The summed E-state index contributed by atoms with van der Waals surface area (Å²) in [6.07, 6.45) is 3.39. The molecule has 2 aromatic carbocycles. The van der Waals surface area contributed by atoms with Crippen LogP contribution in [0.2, 0.25) is 0 Å². The number of hydrogen-bond acceptors (Lipinski definition) is 4. The zero-order valence-corrected chi connectivity index (χ0v) is 17.7. The number of thiophene rings is 1. The number of unbranched alkanes of at least 4 members (excludes halogenated alkanes) is 2. The van der Waals surface area contributed by atoms with Crippen LogP contribution in [0, 0.1) is 0 Å². The summed E-state index contributed by atoms with van der Waals surface area (Å²) in [5.74, 6) is -0.744. The van der Waals surface area contributed by atoms with Gasteiger partial charge >= 0.3 is 0 Å². The minimum absolute atomic E-state index is 0.0777. The molecule has 0 radical (unpaired) electrons. The molecular formula is C24H27N3O2S. The largest absolute Gasteiger partial charge is 0.398 e. The van der Waals surface area contributed by atoms with Crippen LogP contribution in [-0.4, -0.2) is 11.8 Å². The molecule has 2 amide bonds. The number of carbonyl (C=O) groups is 2. The Hall–Kier alpha value is -3.12. The lowest BCUT2D eigenvalue weighted by molar-refractivity contribution is -0.119. The lowest BCUT2D eigenvalue weighted by Crippen LogP contribution is -2.22. The highest BCUT2D eigenvalue weighted by atomic mass is 32.1. The Morgan fingerprint density at radius 3 is 2.47 bits per heavy atom. The van der Waals surface area contributed by atoms with E-state index >= 15 is 0 Å². The SMILES string of the molecule is NC(=O)CCCCCC(C(=O)Nc1ccccc1)c1cc(-c2cccs2)ccc1N. The first-order chi connectivity index (χ1) is 14.5. The average molecular weight is 422 g/mol. The van der Waals surface area contributed by atoms with E-state index in [1.54, 1.807) is 11.3 Å². The number of nitrogen functional groups attached to an aromatic ring is 1. The fourth-order valence-electron chi connectivity index (χ4n) is 3.48. The van der Waals surface area contributed by atoms with E-state index < -0.39 is 0 Å². The summed E-state index contributed by atoms with van der Waals surface area (Å²) in [5.41, 5.74) is 14.8. The van der Waals surface area contributed by atoms with Gasteiger partial charge in [0, 0.05) is 22.7 Å². The van der Waals surface area contributed by atoms with Gasteiger partial charge in [0.1, 0.15) is 0 Å². The van der Waals surface area contributed by atoms with Gasteiger partial charge in [-0.25, -0.2) is 0 Å². The molecule has 0 bridgehead atoms. The van der Waals surface area contributed by atoms with Gasteiger partial charge in [-0.2, -0.15) is 0 Å². The fourth-order valence-corrected chi connectivity index (χ4v) is 4.20. The lowest BCUT2D eigenvalue weighted by atomic mass is 9.89. The predicted molar refractivity (Wildman–Crippen MR) is 124 cm³/mol. The van der Waals surface area contributed by atoms with Crippen molar-refractivity contribution in [2.24, 2.45) is 5.73 Å². The van der Waals surface area contributed by atoms with Crippen LogP contribution in [0.1, 0.15) is 43.6 Å². The Morgan fingerprint density at radius 2 is 1.77 bits per heavy atom. The summed E-state index contributed by atoms with van der Waals surface area (Å²) in [4.78, 5) is 25.3. The molecule has 0 aliphatic carbocycles. The maximum atomic E-state index is 13.2. The van der Waals surface area contributed by atoms with Gasteiger partial charge in [0.05, 0.1) is 5.92 Å². The highest BCUT2D eigenvalue weighted by Gasteiger charge is 2.23. The first kappa shape index (κ1) is 21.6. The summed E-state index contributed by atoms with van der Waals surface area (Å²) in [5, 5.41) is 5.05. The second-order valence-corrected chi connectivity index (χ2v) is 8.24. The van der Waals surface area contributed by atoms with Crippen LogP contribution in [0.5, 0.6) is 0 Å². The molecule has 156 valence electrons. The van der Waals surface area contributed by atoms with E-state index in [9.17, 15) is 9.59 Å². The molecule has 1 unspecified atom stereocenters. The molecule has 0 aliphatic heterocycles. The Morgan fingerprint density at radius 1 is 0.967 bits per heavy atom. The summed E-state index contributed by atoms with van der Waals surface area (Å²) < 4.78 is 0. The number of hydrogen-bond donors (Lipinski definition) is 3. The van der Waals surface area contributed by atoms with Gasteiger partial charge < -0.3 is 16.8 Å². The molecule has 5 nitrogen and oxygen atoms in total. The van der Waals surface area contributed by atoms with E-state index in [0.717, 1.165) is 41.0 Å². The van der Waals surface area contributed by atoms with Crippen molar-refractivity contribution in [3.8, 4) is 10.4 Å². The molecule has 3 aromatic rings. The number of primary amides is 1. The second-order valence-electron chi connectivity index (χ2n) is 7.29. The third-order valence-corrected chi connectivity index (χ3v) is 5.96. The highest BCUT2D eigenvalue weighted by Crippen LogP contribution is 2.34. The smallest absolute Gasteiger partial charge is 0.231 e. The van der Waals surface area contributed by atoms with Crippen LogP contribution in [0.3, 0.4) is 0 Å². The van der Waals surface area contributed by atoms with Gasteiger partial charge in [0.2, 0.25) is 11.8 Å². The quantitative estimate of drug-likeness (QED) is 0.312. The zero-order chi connectivity index (χ0) is 21.3. The summed E-state index contributed by atoms with van der Waals surface area (Å²) in [6.45, 7) is 0. The van der Waals surface area contributed by atoms with Crippen molar-refractivity contribution >= 4 is 34.5 Å². The van der Waals surface area contributed by atoms with Crippen molar-refractivity contribution in [1.29, 1.82) is 0 Å². The zero-order valence-electron chi connectivity index (χ0n) is 16.8. The van der Waals surface area contributed by atoms with Crippen molar-refractivity contribution in [3.63, 3.8) is 0 Å². The molecule has 0 saturated carbocycles. The molecule has 1 aromatic heterocycles. The van der Waals surface area contributed by atoms with Gasteiger partial charge in [-0.15, -0.1) is 11.3 Å². The number of amides is 2. The maximum Gasteiger partial charge on any atom is 0.231 e. The summed E-state index contributed by atoms with van der Waals surface area (Å²) in [6, 6.07) is 19.4. The fraction of sp³-hybridized carbons (Fsp3) is 0.250. The van der Waals surface area contributed by atoms with Gasteiger partial charge in [-0.05, 0) is 59.7 Å². The van der Waals surface area contributed by atoms with Crippen molar-refractivity contribution in [3.05, 3.63) is 71.6 Å². The number of nitrogens with two attached hydrogens (primary N) is 2. The minimum Gasteiger partial charge on any atom is -0.398 e. The van der Waals surface area contributed by atoms with Gasteiger partial charge in [0.15, 0.2) is 0 Å². The van der Waals surface area contributed by atoms with Gasteiger partial charge in [0.25, 0.3) is 0 Å². The van der Waals surface area contributed by atoms with Gasteiger partial charge in [-0.1, -0.05) is 43.2 Å². The number of nitrogens with one attached hydrogen (secondary N) is 1. The average Bonchev–Trinajstić information content (AvgIpc) is 3.27. The molecule has 0 saturated heterocycles. The molecule has 1 atom stereocenters. The number of anilines is 2. The van der Waals surface area contributed by atoms with Crippen molar-refractivity contribution < 1.29 is 9.59 Å². The first-order valence-corrected chi connectivity index (χ1v) is 11.0. The lowest BCUT2D eigenvalue weighted by Gasteiger charge is -2.20. The van der Waals surface area contributed by atoms with Crippen molar-refractivity contribution in [1.82, 2.24) is 0 Å². The standard InChI is InChI=1S/C24H27N3O2S/c25-21-14-13-17(22-11-7-15-30-22)16-20(21)19(10-5-2-6-12-23(26)28)24(29)27-18-8-3-1-4-9-18/h1,3-4,7-9,11,13-16,19H,2,5-6,10,12,25H2,(H2,26,28)(H,27,29). The van der Waals surface area contributed by atoms with E-state index in [4.69, 9.17) is 11.5 Å². The van der Waals surface area contributed by atoms with E-state index in [2.05, 4.69) is 11.4 Å². The number of para-hydroxylation sites is 1. The van der Waals surface area contributed by atoms with E-state index in [-0.39, 0.29) is 17.7 Å². The Labute approximate surface area is 181 Å². The number of carbonyl (C=O) groups excluding carboxylic acids is 2. The summed E-state index contributed by atoms with van der Waals surface area (Å²) >= 11 is 1.66. The third kappa shape index (κ3) is 5.94. The van der Waals surface area contributed by atoms with Crippen molar-refractivity contribution in [2.75, 3.05) is 11.1 Å². The number of benzene rings is 2. The Balaban J connectivity index is 1.81. The Bertz CT molecular complexity index is 971. The van der Waals surface area contributed by atoms with Crippen molar-refractivity contribution in [2.45, 2.75) is 38.0 Å². The molecule has 0 fully saturated rings. The molecule has 30 heavy (non-hydrogen) atoms. The molecule has 0 aliphatic rings. The number of rotatable bonds is 10. The van der Waals surface area contributed by atoms with E-state index in [0.29, 0.717) is 18.5 Å². The molecule has 6 heteroatoms. The molecular weight excluding hydrogens is 394 g/mol. The molecule has 0 spiro atoms. The summed E-state index contributed by atoms with van der Waals surface area (Å²) in [7, 11) is 0. The second kappa shape index (κ2) is 10.6. The van der Waals surface area contributed by atoms with E-state index in [1.165, 1.54) is 0 Å². The topological polar surface area (TPSA) is 98.2 Å². The maximum absolute atomic E-state index is 13.2. The van der Waals surface area contributed by atoms with Crippen LogP contribution in [0.4, 0.5) is 11.4 Å². The van der Waals surface area contributed by atoms with Crippen LogP contribution in [0.15, 0.2) is 66.0 Å². The molecule has 1 heterocycles. The molecule has 5 N–H and O–H groups in total. The van der Waals surface area contributed by atoms with E-state index in [1.807, 2.05) is 60.0 Å². The van der Waals surface area contributed by atoms with Crippen LogP contribution < -0.4 is 16.8 Å². The minimum atomic E-state index is -0.376.